The first kappa shape index (κ1) is 82.0. The maximum Gasteiger partial charge on any atom is 0.0854 e. The van der Waals surface area contributed by atoms with E-state index in [9.17, 15) is 0 Å². The third-order valence-corrected chi connectivity index (χ3v) is 34.3. The number of hydrogen-bond donors (Lipinski definition) is 0. The third kappa shape index (κ3) is 11.9. The molecule has 1 saturated heterocycles. The van der Waals surface area contributed by atoms with Crippen LogP contribution in [0.1, 0.15) is 180 Å². The van der Waals surface area contributed by atoms with Gasteiger partial charge in [-0.1, -0.05) is 388 Å². The average Bonchev–Trinajstić information content (AvgIpc) is 1.49. The van der Waals surface area contributed by atoms with E-state index in [0.29, 0.717) is 36.3 Å². The van der Waals surface area contributed by atoms with Gasteiger partial charge in [-0.15, -0.1) is 0 Å². The third-order valence-electron chi connectivity index (χ3n) is 34.3. The highest BCUT2D eigenvalue weighted by Gasteiger charge is 2.51. The Labute approximate surface area is 842 Å². The van der Waals surface area contributed by atoms with Crippen LogP contribution in [0, 0.1) is 0 Å². The van der Waals surface area contributed by atoms with Crippen LogP contribution in [0.15, 0.2) is 538 Å². The van der Waals surface area contributed by atoms with Crippen molar-refractivity contribution in [2.45, 2.75) is 113 Å². The van der Waals surface area contributed by atoms with Crippen molar-refractivity contribution in [1.82, 2.24) is 0 Å². The summed E-state index contributed by atoms with van der Waals surface area (Å²) < 4.78 is 0. The normalized spacial score (nSPS) is 22.3. The number of nitrogens with zero attached hydrogens (tertiary/aromatic N) is 6. The van der Waals surface area contributed by atoms with Gasteiger partial charge in [-0.25, -0.2) is 0 Å². The Bertz CT molecular complexity index is 8450. The molecule has 684 valence electrons. The molecule has 6 nitrogen and oxygen atoms in total. The van der Waals surface area contributed by atoms with Gasteiger partial charge in [0.1, 0.15) is 0 Å². The number of fused-ring (bicyclic) bond motifs is 60. The summed E-state index contributed by atoms with van der Waals surface area (Å²) in [6.07, 6.45) is 69.3. The molecule has 0 amide bonds. The van der Waals surface area contributed by atoms with Crippen LogP contribution in [-0.2, 0) is 0 Å². The Morgan fingerprint density at radius 2 is 0.479 bits per heavy atom. The fourth-order valence-electron chi connectivity index (χ4n) is 28.8. The Hall–Kier alpha value is -16.8. The lowest BCUT2D eigenvalue weighted by atomic mass is 9.78. The first-order valence-electron chi connectivity index (χ1n) is 52.3. The van der Waals surface area contributed by atoms with E-state index in [1.54, 1.807) is 11.1 Å². The molecule has 144 heavy (non-hydrogen) atoms. The van der Waals surface area contributed by atoms with Crippen LogP contribution in [0.5, 0.6) is 0 Å². The Morgan fingerprint density at radius 1 is 0.174 bits per heavy atom. The van der Waals surface area contributed by atoms with Crippen LogP contribution in [0.3, 0.4) is 0 Å². The van der Waals surface area contributed by atoms with Crippen molar-refractivity contribution in [2.24, 2.45) is 0 Å². The maximum absolute atomic E-state index is 2.59. The fraction of sp³-hybridized carbons (Fsp3) is 0.130. The summed E-state index contributed by atoms with van der Waals surface area (Å²) >= 11 is 0. The highest BCUT2D eigenvalue weighted by Crippen LogP contribution is 2.66. The molecule has 12 aliphatic carbocycles. The van der Waals surface area contributed by atoms with E-state index in [0.717, 1.165) is 77.0 Å². The molecule has 0 aromatic heterocycles. The van der Waals surface area contributed by atoms with Crippen molar-refractivity contribution in [3.63, 3.8) is 0 Å². The summed E-state index contributed by atoms with van der Waals surface area (Å²) in [6.45, 7) is 0. The predicted octanol–water partition coefficient (Wildman–Crippen LogP) is 34.0. The number of hydrogen-bond acceptors (Lipinski definition) is 6. The quantitative estimate of drug-likeness (QED) is 0.150. The minimum absolute atomic E-state index is 0.311. The first-order valence-corrected chi connectivity index (χ1v) is 52.3. The monoisotopic (exact) mass is 1840 g/mol. The lowest BCUT2D eigenvalue weighted by molar-refractivity contribution is 0.729. The zero-order valence-corrected chi connectivity index (χ0v) is 80.2. The highest BCUT2D eigenvalue weighted by molar-refractivity contribution is 6.03. The zero-order valence-electron chi connectivity index (χ0n) is 80.2. The Balaban J connectivity index is 0.0000000788. The van der Waals surface area contributed by atoms with E-state index in [1.165, 1.54) is 258 Å². The lowest BCUT2D eigenvalue weighted by Crippen LogP contribution is -2.37. The van der Waals surface area contributed by atoms with Crippen molar-refractivity contribution in [3.8, 4) is 33.4 Å². The molecule has 6 unspecified atom stereocenters. The van der Waals surface area contributed by atoms with Gasteiger partial charge in [0.25, 0.3) is 0 Å². The van der Waals surface area contributed by atoms with Crippen LogP contribution >= 0.6 is 0 Å². The van der Waals surface area contributed by atoms with Crippen molar-refractivity contribution >= 4 is 67.6 Å². The van der Waals surface area contributed by atoms with Gasteiger partial charge in [0, 0.05) is 118 Å². The van der Waals surface area contributed by atoms with E-state index in [4.69, 9.17) is 0 Å². The average molecular weight is 1840 g/mol. The molecule has 6 heteroatoms. The topological polar surface area (TPSA) is 19.4 Å². The molecule has 6 atom stereocenters. The molecular weight excluding hydrogens is 1740 g/mol. The molecule has 12 aliphatic heterocycles. The predicted molar refractivity (Wildman–Crippen MR) is 594 cm³/mol. The molecular formula is C138H102N6. The molecule has 12 aromatic carbocycles. The summed E-state index contributed by atoms with van der Waals surface area (Å²) in [6, 6.07) is 109. The number of benzene rings is 12. The summed E-state index contributed by atoms with van der Waals surface area (Å²) in [5, 5.41) is 0. The molecule has 12 heterocycles. The van der Waals surface area contributed by atoms with E-state index < -0.39 is 0 Å². The van der Waals surface area contributed by atoms with Crippen LogP contribution in [-0.4, -0.2) is 0 Å². The molecule has 0 spiro atoms. The van der Waals surface area contributed by atoms with Crippen molar-refractivity contribution < 1.29 is 0 Å². The second-order valence-electron chi connectivity index (χ2n) is 41.2. The maximum atomic E-state index is 2.59. The number of rotatable bonds is 0. The highest BCUT2D eigenvalue weighted by atomic mass is 15.2. The van der Waals surface area contributed by atoms with Crippen LogP contribution in [0.4, 0.5) is 34.1 Å². The summed E-state index contributed by atoms with van der Waals surface area (Å²) in [5.74, 6) is 0. The molecule has 1 fully saturated rings. The summed E-state index contributed by atoms with van der Waals surface area (Å²) in [5.41, 5.74) is 68.3. The van der Waals surface area contributed by atoms with Crippen LogP contribution < -0.4 is 29.4 Å². The van der Waals surface area contributed by atoms with Crippen molar-refractivity contribution in [3.05, 3.63) is 605 Å². The van der Waals surface area contributed by atoms with E-state index >= 15 is 0 Å². The number of para-hydroxylation sites is 6. The van der Waals surface area contributed by atoms with E-state index in [2.05, 4.69) is 466 Å². The molecule has 0 N–H and O–H groups in total. The summed E-state index contributed by atoms with van der Waals surface area (Å²) in [4.78, 5) is 15.5. The first-order chi connectivity index (χ1) is 71.6. The number of anilines is 6. The molecule has 12 aromatic rings. The minimum Gasteiger partial charge on any atom is -0.329 e. The van der Waals surface area contributed by atoms with Gasteiger partial charge in [-0.3, -0.25) is 0 Å². The van der Waals surface area contributed by atoms with Gasteiger partial charge in [-0.2, -0.15) is 0 Å². The zero-order chi connectivity index (χ0) is 94.0. The molecule has 0 saturated carbocycles. The molecule has 0 bridgehead atoms. The number of piperidine rings is 1. The second kappa shape index (κ2) is 32.4. The Kier molecular flexibility index (Phi) is 18.4. The Morgan fingerprint density at radius 3 is 1.05 bits per heavy atom. The standard InChI is InChI=1S/6C23H17N/c3*1-2-9-19-15(7-1)18-11-6-14-22(18)24-21-13-4-3-8-17(21)16-10-5-12-20(16)23(19)24;3*1-2-9-19-15(7-1)17-8-3-4-13-21(17)24-22-14-6-11-18(22)16-10-5-12-20(16)23(19)24/h1-4,6-10,12-14,23H,5,11H2;1-5,7-11,13-14,23H,6,12H2;1-9,12-14,23H,10-11H2;1-4,7-14,23H,5-6H2;1-5,7-9,11-14,23H,6,10H2;1-5,7-11,13-14,23H,6,12H2. The van der Waals surface area contributed by atoms with Crippen LogP contribution in [0.2, 0.25) is 0 Å². The SMILES string of the molecule is C1=C2C3=CCC=C3N3c4ccccc4-c4ccccc4C3C2=CC1.C1=CC2=C(C1)C1=CCC=C1N1c3ccccc3-c3ccccc3C21.C1=CC2=C(C1)C1c3ccccc3-c3ccccc3N1C1=CCC=C12.C1=CC2=C(C1)C1c3ccccc3C3=CCC=C3N1c1ccccc12.C1=CC2=C(C1)c1ccccc1C1C3=C(CC=C3)c3ccccc3N21.C1=CC2=C(C1)c1ccccc1C1C3=CCC=C3c3ccccc3N21. The minimum atomic E-state index is 0.311. The largest absolute Gasteiger partial charge is 0.329 e. The molecule has 24 aliphatic rings. The van der Waals surface area contributed by atoms with E-state index in [1.807, 2.05) is 0 Å². The van der Waals surface area contributed by atoms with Gasteiger partial charge in [0.2, 0.25) is 0 Å². The fourth-order valence-corrected chi connectivity index (χ4v) is 28.8. The molecule has 36 rings (SSSR count). The summed E-state index contributed by atoms with van der Waals surface area (Å²) in [7, 11) is 0. The van der Waals surface area contributed by atoms with Gasteiger partial charge in [0.15, 0.2) is 0 Å². The van der Waals surface area contributed by atoms with Gasteiger partial charge < -0.3 is 29.4 Å². The van der Waals surface area contributed by atoms with Crippen LogP contribution in [0.25, 0.3) is 66.8 Å². The van der Waals surface area contributed by atoms with Crippen molar-refractivity contribution in [1.29, 1.82) is 0 Å². The van der Waals surface area contributed by atoms with Gasteiger partial charge in [0.05, 0.1) is 36.3 Å². The van der Waals surface area contributed by atoms with Crippen molar-refractivity contribution in [2.75, 3.05) is 29.4 Å². The number of allylic oxidation sites excluding steroid dienone is 30. The molecule has 0 radical (unpaired) electrons. The lowest BCUT2D eigenvalue weighted by Gasteiger charge is -2.46. The second-order valence-corrected chi connectivity index (χ2v) is 41.2. The van der Waals surface area contributed by atoms with Gasteiger partial charge in [-0.05, 0) is 276 Å². The smallest absolute Gasteiger partial charge is 0.0854 e. The van der Waals surface area contributed by atoms with E-state index in [-0.39, 0.29) is 0 Å². The van der Waals surface area contributed by atoms with Gasteiger partial charge >= 0.3 is 0 Å².